The Kier molecular flexibility index (Phi) is 6.71. The van der Waals surface area contributed by atoms with E-state index in [0.29, 0.717) is 25.7 Å². The maximum Gasteiger partial charge on any atom is 0.193 e. The van der Waals surface area contributed by atoms with Crippen molar-refractivity contribution in [3.05, 3.63) is 53.6 Å². The zero-order valence-corrected chi connectivity index (χ0v) is 17.5. The highest BCUT2D eigenvalue weighted by molar-refractivity contribution is 5.92. The zero-order valence-electron chi connectivity index (χ0n) is 17.5. The molecule has 2 heterocycles. The lowest BCUT2D eigenvalue weighted by Gasteiger charge is -2.34. The van der Waals surface area contributed by atoms with Crippen molar-refractivity contribution in [2.75, 3.05) is 51.4 Å². The summed E-state index contributed by atoms with van der Waals surface area (Å²) in [5, 5.41) is 3.18. The second kappa shape index (κ2) is 9.82. The predicted octanol–water partition coefficient (Wildman–Crippen LogP) is 2.96. The van der Waals surface area contributed by atoms with Gasteiger partial charge < -0.3 is 25.3 Å². The molecule has 7 nitrogen and oxygen atoms in total. The van der Waals surface area contributed by atoms with Crippen LogP contribution >= 0.6 is 0 Å². The van der Waals surface area contributed by atoms with Gasteiger partial charge in [-0.3, -0.25) is 9.89 Å². The Morgan fingerprint density at radius 3 is 2.67 bits per heavy atom. The van der Waals surface area contributed by atoms with Crippen LogP contribution in [0.15, 0.2) is 47.5 Å². The molecule has 0 aromatic heterocycles. The maximum absolute atomic E-state index is 6.22. The Hall–Kier alpha value is -2.77. The van der Waals surface area contributed by atoms with Gasteiger partial charge in [0.1, 0.15) is 0 Å². The number of morpholine rings is 1. The van der Waals surface area contributed by atoms with Crippen molar-refractivity contribution >= 4 is 11.6 Å². The third kappa shape index (κ3) is 5.23. The number of aliphatic imine (C=N–C) groups is 1. The van der Waals surface area contributed by atoms with Crippen LogP contribution in [0, 0.1) is 6.92 Å². The van der Waals surface area contributed by atoms with Gasteiger partial charge >= 0.3 is 0 Å². The molecule has 1 atom stereocenters. The molecule has 1 saturated heterocycles. The Morgan fingerprint density at radius 2 is 1.87 bits per heavy atom. The molecule has 160 valence electrons. The minimum Gasteiger partial charge on any atom is -0.490 e. The first-order chi connectivity index (χ1) is 14.7. The van der Waals surface area contributed by atoms with E-state index >= 15 is 0 Å². The van der Waals surface area contributed by atoms with E-state index in [0.717, 1.165) is 49.9 Å². The van der Waals surface area contributed by atoms with E-state index in [1.165, 1.54) is 11.1 Å². The first kappa shape index (κ1) is 20.5. The van der Waals surface area contributed by atoms with Crippen LogP contribution in [0.1, 0.15) is 23.6 Å². The molecule has 0 aliphatic carbocycles. The molecule has 4 rings (SSSR count). The van der Waals surface area contributed by atoms with Crippen molar-refractivity contribution in [2.45, 2.75) is 19.4 Å². The highest BCUT2D eigenvalue weighted by atomic mass is 16.5. The fraction of sp³-hybridized carbons (Fsp3) is 0.435. The van der Waals surface area contributed by atoms with Crippen LogP contribution in [0.5, 0.6) is 11.5 Å². The summed E-state index contributed by atoms with van der Waals surface area (Å²) in [5.41, 5.74) is 9.55. The third-order valence-electron chi connectivity index (χ3n) is 5.37. The number of nitrogens with two attached hydrogens (primary N) is 1. The second-order valence-corrected chi connectivity index (χ2v) is 7.64. The fourth-order valence-corrected chi connectivity index (χ4v) is 3.81. The molecule has 2 aliphatic heterocycles. The zero-order chi connectivity index (χ0) is 20.8. The summed E-state index contributed by atoms with van der Waals surface area (Å²) in [6, 6.07) is 14.5. The molecule has 0 amide bonds. The van der Waals surface area contributed by atoms with Crippen LogP contribution < -0.4 is 20.5 Å². The fourth-order valence-electron chi connectivity index (χ4n) is 3.81. The average Bonchev–Trinajstić information content (AvgIpc) is 3.00. The summed E-state index contributed by atoms with van der Waals surface area (Å²) >= 11 is 0. The Morgan fingerprint density at radius 1 is 1.07 bits per heavy atom. The van der Waals surface area contributed by atoms with E-state index < -0.39 is 0 Å². The first-order valence-corrected chi connectivity index (χ1v) is 10.5. The number of nitrogens with one attached hydrogen (secondary N) is 1. The number of benzene rings is 2. The lowest BCUT2D eigenvalue weighted by atomic mass is 10.0. The van der Waals surface area contributed by atoms with Gasteiger partial charge in [0.05, 0.1) is 39.0 Å². The number of hydrogen-bond acceptors (Lipinski definition) is 5. The van der Waals surface area contributed by atoms with Gasteiger partial charge in [0.15, 0.2) is 17.5 Å². The van der Waals surface area contributed by atoms with Crippen LogP contribution in [-0.4, -0.2) is 56.9 Å². The minimum atomic E-state index is 0.165. The van der Waals surface area contributed by atoms with Gasteiger partial charge in [0.25, 0.3) is 0 Å². The maximum atomic E-state index is 6.22. The lowest BCUT2D eigenvalue weighted by Crippen LogP contribution is -2.40. The highest BCUT2D eigenvalue weighted by Gasteiger charge is 2.22. The summed E-state index contributed by atoms with van der Waals surface area (Å²) in [5.74, 6) is 1.88. The number of hydrogen-bond donors (Lipinski definition) is 2. The molecule has 30 heavy (non-hydrogen) atoms. The summed E-state index contributed by atoms with van der Waals surface area (Å²) < 4.78 is 17.0. The van der Waals surface area contributed by atoms with E-state index in [1.807, 2.05) is 18.2 Å². The standard InChI is InChI=1S/C23H30N4O3/c1-17-4-2-5-18(14-17)20(27-8-12-28-13-9-27)16-25-23(24)26-19-6-7-21-22(15-19)30-11-3-10-29-21/h2,4-7,14-15,20H,3,8-13,16H2,1H3,(H3,24,25,26). The molecule has 2 aromatic carbocycles. The number of ether oxygens (including phenoxy) is 3. The Balaban J connectivity index is 1.47. The van der Waals surface area contributed by atoms with Crippen molar-refractivity contribution in [3.63, 3.8) is 0 Å². The van der Waals surface area contributed by atoms with E-state index in [-0.39, 0.29) is 6.04 Å². The smallest absolute Gasteiger partial charge is 0.193 e. The van der Waals surface area contributed by atoms with Crippen LogP contribution in [0.25, 0.3) is 0 Å². The number of fused-ring (bicyclic) bond motifs is 1. The van der Waals surface area contributed by atoms with Gasteiger partial charge in [-0.2, -0.15) is 0 Å². The SMILES string of the molecule is Cc1cccc(C(CN=C(N)Nc2ccc3c(c2)OCCCO3)N2CCOCC2)c1. The number of guanidine groups is 1. The van der Waals surface area contributed by atoms with Crippen LogP contribution in [-0.2, 0) is 4.74 Å². The summed E-state index contributed by atoms with van der Waals surface area (Å²) in [7, 11) is 0. The minimum absolute atomic E-state index is 0.165. The topological polar surface area (TPSA) is 81.3 Å². The molecular formula is C23H30N4O3. The summed E-state index contributed by atoms with van der Waals surface area (Å²) in [6.07, 6.45) is 0.878. The van der Waals surface area contributed by atoms with Crippen LogP contribution in [0.2, 0.25) is 0 Å². The molecule has 0 bridgehead atoms. The van der Waals surface area contributed by atoms with Gasteiger partial charge in [-0.25, -0.2) is 0 Å². The van der Waals surface area contributed by atoms with Gasteiger partial charge in [-0.1, -0.05) is 29.8 Å². The molecule has 0 saturated carbocycles. The molecule has 0 radical (unpaired) electrons. The molecule has 2 aliphatic rings. The quantitative estimate of drug-likeness (QED) is 0.583. The van der Waals surface area contributed by atoms with Crippen molar-refractivity contribution in [3.8, 4) is 11.5 Å². The number of rotatable bonds is 5. The van der Waals surface area contributed by atoms with Gasteiger partial charge in [-0.05, 0) is 24.6 Å². The first-order valence-electron chi connectivity index (χ1n) is 10.5. The van der Waals surface area contributed by atoms with Crippen molar-refractivity contribution in [1.29, 1.82) is 0 Å². The molecule has 0 spiro atoms. The number of aryl methyl sites for hydroxylation is 1. The van der Waals surface area contributed by atoms with Gasteiger partial charge in [-0.15, -0.1) is 0 Å². The predicted molar refractivity (Wildman–Crippen MR) is 118 cm³/mol. The Bertz CT molecular complexity index is 881. The van der Waals surface area contributed by atoms with E-state index in [1.54, 1.807) is 0 Å². The molecule has 7 heteroatoms. The van der Waals surface area contributed by atoms with Crippen LogP contribution in [0.3, 0.4) is 0 Å². The van der Waals surface area contributed by atoms with Crippen molar-refractivity contribution in [1.82, 2.24) is 4.90 Å². The van der Waals surface area contributed by atoms with Crippen molar-refractivity contribution in [2.24, 2.45) is 10.7 Å². The molecule has 3 N–H and O–H groups in total. The second-order valence-electron chi connectivity index (χ2n) is 7.64. The van der Waals surface area contributed by atoms with Gasteiger partial charge in [0.2, 0.25) is 0 Å². The molecular weight excluding hydrogens is 380 g/mol. The molecule has 1 fully saturated rings. The van der Waals surface area contributed by atoms with E-state index in [9.17, 15) is 0 Å². The Labute approximate surface area is 177 Å². The summed E-state index contributed by atoms with van der Waals surface area (Å²) in [6.45, 7) is 7.29. The lowest BCUT2D eigenvalue weighted by molar-refractivity contribution is 0.0180. The van der Waals surface area contributed by atoms with E-state index in [4.69, 9.17) is 19.9 Å². The third-order valence-corrected chi connectivity index (χ3v) is 5.37. The number of nitrogens with zero attached hydrogens (tertiary/aromatic N) is 2. The largest absolute Gasteiger partial charge is 0.490 e. The number of anilines is 1. The highest BCUT2D eigenvalue weighted by Crippen LogP contribution is 2.32. The van der Waals surface area contributed by atoms with Gasteiger partial charge in [0, 0.05) is 31.3 Å². The molecule has 1 unspecified atom stereocenters. The normalized spacial score (nSPS) is 18.5. The molecule has 2 aromatic rings. The average molecular weight is 411 g/mol. The monoisotopic (exact) mass is 410 g/mol. The summed E-state index contributed by atoms with van der Waals surface area (Å²) in [4.78, 5) is 7.08. The van der Waals surface area contributed by atoms with E-state index in [2.05, 4.69) is 46.4 Å². The van der Waals surface area contributed by atoms with Crippen molar-refractivity contribution < 1.29 is 14.2 Å². The van der Waals surface area contributed by atoms with Crippen LogP contribution in [0.4, 0.5) is 5.69 Å².